The monoisotopic (exact) mass is 209 g/mol. The van der Waals surface area contributed by atoms with E-state index < -0.39 is 0 Å². The summed E-state index contributed by atoms with van der Waals surface area (Å²) in [6.45, 7) is 4.79. The number of benzene rings is 1. The van der Waals surface area contributed by atoms with Crippen LogP contribution in [-0.4, -0.2) is 26.8 Å². The van der Waals surface area contributed by atoms with Gasteiger partial charge in [0.05, 0.1) is 7.11 Å². The summed E-state index contributed by atoms with van der Waals surface area (Å²) >= 11 is 0. The van der Waals surface area contributed by atoms with Crippen molar-refractivity contribution in [3.05, 3.63) is 24.3 Å². The number of hydrogen-bond donors (Lipinski definition) is 1. The maximum absolute atomic E-state index is 5.53. The summed E-state index contributed by atoms with van der Waals surface area (Å²) in [6, 6.07) is 7.63. The Labute approximate surface area is 91.4 Å². The second kappa shape index (κ2) is 7.12. The molecule has 0 heterocycles. The Bertz CT molecular complexity index is 259. The highest BCUT2D eigenvalue weighted by molar-refractivity contribution is 5.31. The Hall–Kier alpha value is -1.22. The number of nitrogens with one attached hydrogen (secondary N) is 1. The Kier molecular flexibility index (Phi) is 5.63. The third-order valence-electron chi connectivity index (χ3n) is 2.03. The lowest BCUT2D eigenvalue weighted by molar-refractivity contribution is 0.313. The van der Waals surface area contributed by atoms with E-state index in [0.717, 1.165) is 31.0 Å². The summed E-state index contributed by atoms with van der Waals surface area (Å²) in [5, 5.41) is 3.28. The molecule has 0 spiro atoms. The summed E-state index contributed by atoms with van der Waals surface area (Å²) in [5.41, 5.74) is 0. The van der Waals surface area contributed by atoms with Gasteiger partial charge in [-0.1, -0.05) is 6.92 Å². The van der Waals surface area contributed by atoms with Crippen LogP contribution in [0, 0.1) is 0 Å². The zero-order valence-corrected chi connectivity index (χ0v) is 9.45. The van der Waals surface area contributed by atoms with Crippen molar-refractivity contribution in [2.45, 2.75) is 13.3 Å². The fraction of sp³-hybridized carbons (Fsp3) is 0.500. The Morgan fingerprint density at radius 2 is 1.73 bits per heavy atom. The Morgan fingerprint density at radius 1 is 1.07 bits per heavy atom. The van der Waals surface area contributed by atoms with Gasteiger partial charge in [0.1, 0.15) is 18.1 Å². The number of hydrogen-bond acceptors (Lipinski definition) is 3. The molecule has 0 bridgehead atoms. The van der Waals surface area contributed by atoms with Crippen LogP contribution in [0.1, 0.15) is 13.3 Å². The fourth-order valence-corrected chi connectivity index (χ4v) is 1.21. The quantitative estimate of drug-likeness (QED) is 0.697. The maximum Gasteiger partial charge on any atom is 0.119 e. The minimum Gasteiger partial charge on any atom is -0.497 e. The van der Waals surface area contributed by atoms with Gasteiger partial charge in [-0.3, -0.25) is 0 Å². The molecule has 0 atom stereocenters. The first-order chi connectivity index (χ1) is 7.36. The first-order valence-corrected chi connectivity index (χ1v) is 5.34. The van der Waals surface area contributed by atoms with Crippen LogP contribution in [-0.2, 0) is 0 Å². The number of methoxy groups -OCH3 is 1. The van der Waals surface area contributed by atoms with Crippen molar-refractivity contribution in [1.82, 2.24) is 5.32 Å². The third kappa shape index (κ3) is 4.70. The van der Waals surface area contributed by atoms with E-state index in [4.69, 9.17) is 9.47 Å². The molecule has 0 saturated carbocycles. The molecule has 1 N–H and O–H groups in total. The van der Waals surface area contributed by atoms with Gasteiger partial charge in [-0.15, -0.1) is 0 Å². The predicted octanol–water partition coefficient (Wildman–Crippen LogP) is 2.07. The number of rotatable bonds is 7. The molecule has 0 aliphatic heterocycles. The molecule has 3 nitrogen and oxygen atoms in total. The van der Waals surface area contributed by atoms with E-state index >= 15 is 0 Å². The maximum atomic E-state index is 5.53. The van der Waals surface area contributed by atoms with Gasteiger partial charge < -0.3 is 14.8 Å². The molecule has 15 heavy (non-hydrogen) atoms. The van der Waals surface area contributed by atoms with Gasteiger partial charge >= 0.3 is 0 Å². The summed E-state index contributed by atoms with van der Waals surface area (Å²) in [6.07, 6.45) is 1.16. The van der Waals surface area contributed by atoms with Crippen LogP contribution < -0.4 is 14.8 Å². The standard InChI is InChI=1S/C12H19NO2/c1-3-8-13-9-10-15-12-6-4-11(14-2)5-7-12/h4-7,13H,3,8-10H2,1-2H3. The van der Waals surface area contributed by atoms with E-state index in [1.165, 1.54) is 0 Å². The molecule has 1 aromatic carbocycles. The van der Waals surface area contributed by atoms with Gasteiger partial charge in [0.25, 0.3) is 0 Å². The zero-order valence-electron chi connectivity index (χ0n) is 9.45. The minimum absolute atomic E-state index is 0.701. The Balaban J connectivity index is 2.20. The first kappa shape index (κ1) is 11.9. The van der Waals surface area contributed by atoms with E-state index in [-0.39, 0.29) is 0 Å². The van der Waals surface area contributed by atoms with Crippen LogP contribution >= 0.6 is 0 Å². The van der Waals surface area contributed by atoms with Crippen molar-refractivity contribution in [3.63, 3.8) is 0 Å². The second-order valence-electron chi connectivity index (χ2n) is 3.27. The topological polar surface area (TPSA) is 30.5 Å². The largest absolute Gasteiger partial charge is 0.497 e. The smallest absolute Gasteiger partial charge is 0.119 e. The lowest BCUT2D eigenvalue weighted by Gasteiger charge is -2.07. The van der Waals surface area contributed by atoms with Crippen molar-refractivity contribution in [2.75, 3.05) is 26.8 Å². The molecule has 0 radical (unpaired) electrons. The normalized spacial score (nSPS) is 10.0. The molecule has 84 valence electrons. The molecule has 1 aromatic rings. The molecule has 3 heteroatoms. The first-order valence-electron chi connectivity index (χ1n) is 5.34. The van der Waals surface area contributed by atoms with Crippen LogP contribution in [0.4, 0.5) is 0 Å². The van der Waals surface area contributed by atoms with E-state index in [2.05, 4.69) is 12.2 Å². The molecule has 0 aliphatic rings. The number of ether oxygens (including phenoxy) is 2. The van der Waals surface area contributed by atoms with E-state index in [1.807, 2.05) is 24.3 Å². The molecule has 0 amide bonds. The van der Waals surface area contributed by atoms with Gasteiger partial charge in [0.15, 0.2) is 0 Å². The Morgan fingerprint density at radius 3 is 2.33 bits per heavy atom. The molecule has 0 aliphatic carbocycles. The van der Waals surface area contributed by atoms with Crippen molar-refractivity contribution in [3.8, 4) is 11.5 Å². The van der Waals surface area contributed by atoms with Gasteiger partial charge in [0.2, 0.25) is 0 Å². The van der Waals surface area contributed by atoms with Crippen LogP contribution in [0.15, 0.2) is 24.3 Å². The predicted molar refractivity (Wildman–Crippen MR) is 61.6 cm³/mol. The van der Waals surface area contributed by atoms with Crippen LogP contribution in [0.25, 0.3) is 0 Å². The molecular formula is C12H19NO2. The van der Waals surface area contributed by atoms with Crippen molar-refractivity contribution < 1.29 is 9.47 Å². The molecular weight excluding hydrogens is 190 g/mol. The van der Waals surface area contributed by atoms with Gasteiger partial charge in [0, 0.05) is 6.54 Å². The van der Waals surface area contributed by atoms with E-state index in [1.54, 1.807) is 7.11 Å². The molecule has 0 saturated heterocycles. The van der Waals surface area contributed by atoms with Crippen LogP contribution in [0.5, 0.6) is 11.5 Å². The van der Waals surface area contributed by atoms with Crippen LogP contribution in [0.3, 0.4) is 0 Å². The third-order valence-corrected chi connectivity index (χ3v) is 2.03. The second-order valence-corrected chi connectivity index (χ2v) is 3.27. The highest BCUT2D eigenvalue weighted by Crippen LogP contribution is 2.16. The van der Waals surface area contributed by atoms with Crippen molar-refractivity contribution in [2.24, 2.45) is 0 Å². The lowest BCUT2D eigenvalue weighted by Crippen LogP contribution is -2.21. The SMILES string of the molecule is CCCNCCOc1ccc(OC)cc1. The minimum atomic E-state index is 0.701. The van der Waals surface area contributed by atoms with Gasteiger partial charge in [-0.05, 0) is 37.2 Å². The van der Waals surface area contributed by atoms with Gasteiger partial charge in [-0.2, -0.15) is 0 Å². The van der Waals surface area contributed by atoms with Gasteiger partial charge in [-0.25, -0.2) is 0 Å². The van der Waals surface area contributed by atoms with Crippen molar-refractivity contribution >= 4 is 0 Å². The van der Waals surface area contributed by atoms with Crippen molar-refractivity contribution in [1.29, 1.82) is 0 Å². The zero-order chi connectivity index (χ0) is 10.9. The summed E-state index contributed by atoms with van der Waals surface area (Å²) in [4.78, 5) is 0. The lowest BCUT2D eigenvalue weighted by atomic mass is 10.3. The average molecular weight is 209 g/mol. The molecule has 1 rings (SSSR count). The highest BCUT2D eigenvalue weighted by atomic mass is 16.5. The fourth-order valence-electron chi connectivity index (χ4n) is 1.21. The average Bonchev–Trinajstić information content (AvgIpc) is 2.30. The molecule has 0 fully saturated rings. The van der Waals surface area contributed by atoms with E-state index in [9.17, 15) is 0 Å². The van der Waals surface area contributed by atoms with Crippen LogP contribution in [0.2, 0.25) is 0 Å². The molecule has 0 unspecified atom stereocenters. The van der Waals surface area contributed by atoms with E-state index in [0.29, 0.717) is 6.61 Å². The summed E-state index contributed by atoms with van der Waals surface area (Å²) in [7, 11) is 1.66. The highest BCUT2D eigenvalue weighted by Gasteiger charge is 1.94. The molecule has 0 aromatic heterocycles. The summed E-state index contributed by atoms with van der Waals surface area (Å²) < 4.78 is 10.6. The summed E-state index contributed by atoms with van der Waals surface area (Å²) in [5.74, 6) is 1.74.